The summed E-state index contributed by atoms with van der Waals surface area (Å²) in [5, 5.41) is 0. The molecule has 0 fully saturated rings. The van der Waals surface area contributed by atoms with Crippen LogP contribution in [0.3, 0.4) is 0 Å². The van der Waals surface area contributed by atoms with Crippen LogP contribution in [0, 0.1) is 0 Å². The number of allylic oxidation sites excluding steroid dienone is 1. The van der Waals surface area contributed by atoms with Gasteiger partial charge in [-0.25, -0.2) is 9.59 Å². The van der Waals surface area contributed by atoms with Gasteiger partial charge >= 0.3 is 11.9 Å². The highest BCUT2D eigenvalue weighted by molar-refractivity contribution is 6.10. The van der Waals surface area contributed by atoms with Crippen LogP contribution in [0.2, 0.25) is 0 Å². The normalized spacial score (nSPS) is 15.5. The van der Waals surface area contributed by atoms with E-state index in [9.17, 15) is 9.59 Å². The van der Waals surface area contributed by atoms with E-state index in [4.69, 9.17) is 0 Å². The fourth-order valence-corrected chi connectivity index (χ4v) is 1.73. The molecule has 1 heterocycles. The number of carbonyl (C=O) groups excluding carboxylic acids is 2. The zero-order valence-electron chi connectivity index (χ0n) is 10.4. The maximum atomic E-state index is 11.1. The second-order valence-corrected chi connectivity index (χ2v) is 4.27. The molecule has 0 amide bonds. The lowest BCUT2D eigenvalue weighted by molar-refractivity contribution is -0.150. The van der Waals surface area contributed by atoms with E-state index in [1.165, 1.54) is 38.2 Å². The van der Waals surface area contributed by atoms with Crippen molar-refractivity contribution in [3.05, 3.63) is 23.8 Å². The third kappa shape index (κ3) is 5.48. The lowest BCUT2D eigenvalue weighted by Gasteiger charge is -1.97. The van der Waals surface area contributed by atoms with E-state index in [2.05, 4.69) is 11.7 Å². The monoisotopic (exact) mass is 236 g/mol. The Labute approximate surface area is 103 Å². The second-order valence-electron chi connectivity index (χ2n) is 4.27. The summed E-state index contributed by atoms with van der Waals surface area (Å²) in [4.78, 5) is 21.8. The Balaban J connectivity index is 2.08. The molecule has 1 aliphatic heterocycles. The first-order chi connectivity index (χ1) is 8.24. The molecular formula is C14H20O3. The number of carbonyl (C=O) groups is 2. The van der Waals surface area contributed by atoms with Gasteiger partial charge in [0, 0.05) is 6.08 Å². The molecule has 3 heteroatoms. The molecule has 3 nitrogen and oxygen atoms in total. The molecule has 0 aromatic rings. The average molecular weight is 236 g/mol. The van der Waals surface area contributed by atoms with E-state index in [-0.39, 0.29) is 0 Å². The van der Waals surface area contributed by atoms with Gasteiger partial charge in [0.15, 0.2) is 0 Å². The lowest BCUT2D eigenvalue weighted by atomic mass is 10.1. The highest BCUT2D eigenvalue weighted by atomic mass is 16.6. The van der Waals surface area contributed by atoms with Crippen LogP contribution >= 0.6 is 0 Å². The fraction of sp³-hybridized carbons (Fsp3) is 0.571. The van der Waals surface area contributed by atoms with E-state index in [0.717, 1.165) is 12.8 Å². The van der Waals surface area contributed by atoms with E-state index in [0.29, 0.717) is 5.57 Å². The van der Waals surface area contributed by atoms with Gasteiger partial charge in [0.05, 0.1) is 5.57 Å². The number of ether oxygens (including phenoxy) is 1. The lowest BCUT2D eigenvalue weighted by Crippen LogP contribution is -2.00. The van der Waals surface area contributed by atoms with E-state index < -0.39 is 11.9 Å². The Kier molecular flexibility index (Phi) is 6.30. The number of unbranched alkanes of at least 4 members (excludes halogenated alkanes) is 6. The Morgan fingerprint density at radius 1 is 1.12 bits per heavy atom. The molecule has 0 radical (unpaired) electrons. The van der Waals surface area contributed by atoms with Gasteiger partial charge in [0.1, 0.15) is 0 Å². The number of esters is 2. The first-order valence-corrected chi connectivity index (χ1v) is 6.38. The van der Waals surface area contributed by atoms with Crippen molar-refractivity contribution in [3.8, 4) is 0 Å². The Morgan fingerprint density at radius 2 is 1.82 bits per heavy atom. The molecular weight excluding hydrogens is 216 g/mol. The van der Waals surface area contributed by atoms with Crippen molar-refractivity contribution in [1.82, 2.24) is 0 Å². The van der Waals surface area contributed by atoms with E-state index >= 15 is 0 Å². The molecule has 1 aliphatic rings. The van der Waals surface area contributed by atoms with Crippen LogP contribution in [0.4, 0.5) is 0 Å². The van der Waals surface area contributed by atoms with Crippen LogP contribution in [0.5, 0.6) is 0 Å². The zero-order chi connectivity index (χ0) is 12.5. The Bertz CT molecular complexity index is 326. The van der Waals surface area contributed by atoms with Gasteiger partial charge in [0.2, 0.25) is 0 Å². The minimum absolute atomic E-state index is 0.362. The average Bonchev–Trinajstić information content (AvgIpc) is 2.61. The smallest absolute Gasteiger partial charge is 0.346 e. The summed E-state index contributed by atoms with van der Waals surface area (Å²) in [6, 6.07) is 0. The van der Waals surface area contributed by atoms with Gasteiger partial charge in [-0.15, -0.1) is 0 Å². The van der Waals surface area contributed by atoms with Crippen LogP contribution in [0.15, 0.2) is 23.8 Å². The van der Waals surface area contributed by atoms with Crippen molar-refractivity contribution in [3.63, 3.8) is 0 Å². The third-order valence-electron chi connectivity index (χ3n) is 2.72. The van der Waals surface area contributed by atoms with Crippen LogP contribution < -0.4 is 0 Å². The van der Waals surface area contributed by atoms with Gasteiger partial charge in [-0.3, -0.25) is 0 Å². The van der Waals surface area contributed by atoms with Crippen LogP contribution in [0.1, 0.15) is 51.9 Å². The molecule has 0 unspecified atom stereocenters. The summed E-state index contributed by atoms with van der Waals surface area (Å²) < 4.78 is 4.37. The predicted octanol–water partition coefficient (Wildman–Crippen LogP) is 3.30. The molecule has 0 spiro atoms. The standard InChI is InChI=1S/C14H20O3/c1-2-3-4-5-6-7-8-9-10-12-11-13(15)17-14(12)16/h9-11H,2-8H2,1H3/b10-9+. The van der Waals surface area contributed by atoms with Gasteiger partial charge < -0.3 is 4.74 Å². The Morgan fingerprint density at radius 3 is 2.47 bits per heavy atom. The van der Waals surface area contributed by atoms with Gasteiger partial charge in [-0.2, -0.15) is 0 Å². The van der Waals surface area contributed by atoms with Gasteiger partial charge in [-0.05, 0) is 12.8 Å². The highest BCUT2D eigenvalue weighted by Gasteiger charge is 2.20. The predicted molar refractivity (Wildman–Crippen MR) is 66.3 cm³/mol. The molecule has 0 aliphatic carbocycles. The van der Waals surface area contributed by atoms with Crippen molar-refractivity contribution in [2.24, 2.45) is 0 Å². The first kappa shape index (κ1) is 13.7. The van der Waals surface area contributed by atoms with Crippen LogP contribution in [-0.2, 0) is 14.3 Å². The Hall–Kier alpha value is -1.38. The van der Waals surface area contributed by atoms with Crippen molar-refractivity contribution < 1.29 is 14.3 Å². The van der Waals surface area contributed by atoms with E-state index in [1.54, 1.807) is 6.08 Å². The minimum Gasteiger partial charge on any atom is -0.386 e. The maximum Gasteiger partial charge on any atom is 0.346 e. The summed E-state index contributed by atoms with van der Waals surface area (Å²) in [5.74, 6) is -1.09. The molecule has 0 aromatic heterocycles. The van der Waals surface area contributed by atoms with Gasteiger partial charge in [0.25, 0.3) is 0 Å². The summed E-state index contributed by atoms with van der Waals surface area (Å²) in [6.45, 7) is 2.21. The summed E-state index contributed by atoms with van der Waals surface area (Å²) in [6.07, 6.45) is 13.3. The molecule has 94 valence electrons. The third-order valence-corrected chi connectivity index (χ3v) is 2.72. The zero-order valence-corrected chi connectivity index (χ0v) is 10.4. The van der Waals surface area contributed by atoms with Crippen molar-refractivity contribution in [2.45, 2.75) is 51.9 Å². The quantitative estimate of drug-likeness (QED) is 0.369. The molecule has 0 aromatic carbocycles. The number of rotatable bonds is 8. The SMILES string of the molecule is CCCCCCCC/C=C/C1=CC(=O)OC1=O. The number of hydrogen-bond acceptors (Lipinski definition) is 3. The van der Waals surface area contributed by atoms with Crippen molar-refractivity contribution >= 4 is 11.9 Å². The number of cyclic esters (lactones) is 2. The molecule has 0 saturated heterocycles. The van der Waals surface area contributed by atoms with E-state index in [1.807, 2.05) is 6.08 Å². The van der Waals surface area contributed by atoms with Gasteiger partial charge in [-0.1, -0.05) is 51.2 Å². The fourth-order valence-electron chi connectivity index (χ4n) is 1.73. The topological polar surface area (TPSA) is 43.4 Å². The molecule has 1 rings (SSSR count). The summed E-state index contributed by atoms with van der Waals surface area (Å²) >= 11 is 0. The van der Waals surface area contributed by atoms with Crippen molar-refractivity contribution in [1.29, 1.82) is 0 Å². The molecule has 0 N–H and O–H groups in total. The highest BCUT2D eigenvalue weighted by Crippen LogP contribution is 2.11. The molecule has 0 saturated carbocycles. The number of hydrogen-bond donors (Lipinski definition) is 0. The first-order valence-electron chi connectivity index (χ1n) is 6.38. The van der Waals surface area contributed by atoms with Crippen molar-refractivity contribution in [2.75, 3.05) is 0 Å². The largest absolute Gasteiger partial charge is 0.386 e. The second kappa shape index (κ2) is 7.82. The summed E-state index contributed by atoms with van der Waals surface area (Å²) in [7, 11) is 0. The van der Waals surface area contributed by atoms with Crippen LogP contribution in [0.25, 0.3) is 0 Å². The maximum absolute atomic E-state index is 11.1. The molecule has 0 bridgehead atoms. The molecule has 0 atom stereocenters. The van der Waals surface area contributed by atoms with Crippen LogP contribution in [-0.4, -0.2) is 11.9 Å². The summed E-state index contributed by atoms with van der Waals surface area (Å²) in [5.41, 5.74) is 0.362. The molecule has 17 heavy (non-hydrogen) atoms. The minimum atomic E-state index is -0.561.